The average Bonchev–Trinajstić information content (AvgIpc) is 2.37. The average molecular weight is 244 g/mol. The third-order valence-corrected chi connectivity index (χ3v) is 4.85. The Bertz CT molecular complexity index is 598. The molecule has 0 fully saturated rings. The van der Waals surface area contributed by atoms with Crippen molar-refractivity contribution in [3.8, 4) is 11.3 Å². The van der Waals surface area contributed by atoms with Crippen LogP contribution in [0, 0.1) is 6.85 Å². The predicted octanol–water partition coefficient (Wildman–Crippen LogP) is 3.60. The summed E-state index contributed by atoms with van der Waals surface area (Å²) in [6.45, 7) is 4.84. The van der Waals surface area contributed by atoms with Gasteiger partial charge in [-0.2, -0.15) is 0 Å². The zero-order valence-electron chi connectivity index (χ0n) is 13.5. The number of aromatic nitrogens is 1. The third-order valence-electron chi connectivity index (χ3n) is 2.81. The number of rotatable bonds is 2. The van der Waals surface area contributed by atoms with Gasteiger partial charge >= 0.3 is 0 Å². The van der Waals surface area contributed by atoms with E-state index in [9.17, 15) is 0 Å². The molecule has 1 heterocycles. The summed E-state index contributed by atoms with van der Waals surface area (Å²) in [6, 6.07) is 11.2. The quantitative estimate of drug-likeness (QED) is 0.736. The standard InChI is InChI=1S/C15H19NSi/c1-12-5-7-13(8-6-12)15-11-14(9-10-16-15)17(2,3)4/h5-11H,1-4H3/i1D3. The Balaban J connectivity index is 2.38. The van der Waals surface area contributed by atoms with Crippen molar-refractivity contribution in [3.63, 3.8) is 0 Å². The van der Waals surface area contributed by atoms with E-state index >= 15 is 0 Å². The van der Waals surface area contributed by atoms with Crippen molar-refractivity contribution in [1.29, 1.82) is 0 Å². The van der Waals surface area contributed by atoms with Gasteiger partial charge in [-0.1, -0.05) is 54.7 Å². The molecule has 0 bridgehead atoms. The van der Waals surface area contributed by atoms with E-state index in [0.29, 0.717) is 5.56 Å². The first kappa shape index (κ1) is 8.64. The van der Waals surface area contributed by atoms with E-state index in [1.807, 2.05) is 18.3 Å². The van der Waals surface area contributed by atoms with Gasteiger partial charge in [0.1, 0.15) is 0 Å². The first-order valence-electron chi connectivity index (χ1n) is 7.25. The first-order chi connectivity index (χ1) is 9.18. The maximum atomic E-state index is 7.39. The van der Waals surface area contributed by atoms with Crippen molar-refractivity contribution in [1.82, 2.24) is 4.98 Å². The van der Waals surface area contributed by atoms with Crippen LogP contribution in [-0.4, -0.2) is 13.1 Å². The molecule has 2 rings (SSSR count). The minimum atomic E-state index is -2.05. The van der Waals surface area contributed by atoms with Gasteiger partial charge in [-0.25, -0.2) is 0 Å². The SMILES string of the molecule is [2H]C([2H])([2H])c1ccc(-c2cc([Si](C)(C)C)ccn2)cc1. The topological polar surface area (TPSA) is 12.9 Å². The highest BCUT2D eigenvalue weighted by molar-refractivity contribution is 6.88. The van der Waals surface area contributed by atoms with Gasteiger partial charge in [0.25, 0.3) is 0 Å². The van der Waals surface area contributed by atoms with Crippen molar-refractivity contribution in [2.75, 3.05) is 0 Å². The van der Waals surface area contributed by atoms with Gasteiger partial charge in [-0.05, 0) is 19.0 Å². The summed E-state index contributed by atoms with van der Waals surface area (Å²) < 4.78 is 22.2. The molecule has 0 saturated carbocycles. The minimum Gasteiger partial charge on any atom is -0.256 e. The lowest BCUT2D eigenvalue weighted by Gasteiger charge is -2.17. The van der Waals surface area contributed by atoms with Gasteiger partial charge in [-0.15, -0.1) is 0 Å². The highest BCUT2D eigenvalue weighted by Crippen LogP contribution is 2.17. The molecule has 0 unspecified atom stereocenters. The van der Waals surface area contributed by atoms with E-state index in [-0.39, 0.29) is 0 Å². The van der Waals surface area contributed by atoms with Gasteiger partial charge in [0.05, 0.1) is 13.8 Å². The molecule has 2 aromatic rings. The van der Waals surface area contributed by atoms with E-state index in [2.05, 4.69) is 36.8 Å². The fraction of sp³-hybridized carbons (Fsp3) is 0.267. The summed E-state index contributed by atoms with van der Waals surface area (Å²) in [7, 11) is -1.37. The molecule has 0 saturated heterocycles. The molecule has 0 atom stereocenters. The third kappa shape index (κ3) is 2.83. The lowest BCUT2D eigenvalue weighted by Crippen LogP contribution is -2.37. The van der Waals surface area contributed by atoms with E-state index in [4.69, 9.17) is 4.11 Å². The first-order valence-corrected chi connectivity index (χ1v) is 9.25. The summed E-state index contributed by atoms with van der Waals surface area (Å²) in [5, 5.41) is 1.35. The van der Waals surface area contributed by atoms with E-state index in [1.54, 1.807) is 12.1 Å². The van der Waals surface area contributed by atoms with Crippen LogP contribution in [0.2, 0.25) is 19.6 Å². The Morgan fingerprint density at radius 1 is 1.06 bits per heavy atom. The second-order valence-corrected chi connectivity index (χ2v) is 10.3. The maximum Gasteiger partial charge on any atom is 0.0777 e. The van der Waals surface area contributed by atoms with Crippen molar-refractivity contribution < 1.29 is 4.11 Å². The van der Waals surface area contributed by atoms with Gasteiger partial charge in [-0.3, -0.25) is 4.98 Å². The summed E-state index contributed by atoms with van der Waals surface area (Å²) >= 11 is 0. The Morgan fingerprint density at radius 2 is 1.76 bits per heavy atom. The van der Waals surface area contributed by atoms with Crippen molar-refractivity contribution in [3.05, 3.63) is 48.2 Å². The van der Waals surface area contributed by atoms with Crippen molar-refractivity contribution >= 4 is 13.3 Å². The Labute approximate surface area is 109 Å². The molecule has 0 aliphatic rings. The molecular weight excluding hydrogens is 222 g/mol. The van der Waals surface area contributed by atoms with Crippen molar-refractivity contribution in [2.45, 2.75) is 26.5 Å². The fourth-order valence-electron chi connectivity index (χ4n) is 1.70. The number of hydrogen-bond donors (Lipinski definition) is 0. The number of nitrogens with zero attached hydrogens (tertiary/aromatic N) is 1. The predicted molar refractivity (Wildman–Crippen MR) is 77.4 cm³/mol. The molecular formula is C15H19NSi. The van der Waals surface area contributed by atoms with E-state index in [0.717, 1.165) is 11.3 Å². The molecule has 1 aromatic heterocycles. The van der Waals surface area contributed by atoms with E-state index in [1.165, 1.54) is 5.19 Å². The van der Waals surface area contributed by atoms with E-state index < -0.39 is 14.9 Å². The molecule has 0 aliphatic heterocycles. The number of aryl methyl sites for hydroxylation is 1. The van der Waals surface area contributed by atoms with Crippen LogP contribution >= 0.6 is 0 Å². The minimum absolute atomic E-state index is 0.364. The summed E-state index contributed by atoms with van der Waals surface area (Å²) in [5.74, 6) is 0. The van der Waals surface area contributed by atoms with Crippen LogP contribution in [0.1, 0.15) is 9.68 Å². The molecule has 0 N–H and O–H groups in total. The number of benzene rings is 1. The van der Waals surface area contributed by atoms with Crippen LogP contribution in [0.25, 0.3) is 11.3 Å². The Morgan fingerprint density at radius 3 is 2.35 bits per heavy atom. The Kier molecular flexibility index (Phi) is 2.27. The molecule has 1 nitrogen and oxygen atoms in total. The summed E-state index contributed by atoms with van der Waals surface area (Å²) in [6.07, 6.45) is 1.83. The molecule has 0 radical (unpaired) electrons. The molecule has 0 amide bonds. The molecule has 88 valence electrons. The van der Waals surface area contributed by atoms with Crippen LogP contribution in [0.5, 0.6) is 0 Å². The molecule has 2 heteroatoms. The lowest BCUT2D eigenvalue weighted by atomic mass is 10.1. The highest BCUT2D eigenvalue weighted by atomic mass is 28.3. The molecule has 1 aromatic carbocycles. The van der Waals surface area contributed by atoms with Crippen LogP contribution in [0.3, 0.4) is 0 Å². The smallest absolute Gasteiger partial charge is 0.0777 e. The highest BCUT2D eigenvalue weighted by Gasteiger charge is 2.16. The summed E-state index contributed by atoms with van der Waals surface area (Å²) in [5.41, 5.74) is 2.22. The number of pyridine rings is 1. The molecule has 0 spiro atoms. The van der Waals surface area contributed by atoms with Gasteiger partial charge in [0, 0.05) is 15.9 Å². The normalized spacial score (nSPS) is 14.9. The molecule has 17 heavy (non-hydrogen) atoms. The van der Waals surface area contributed by atoms with Crippen LogP contribution in [0.4, 0.5) is 0 Å². The second-order valence-electron chi connectivity index (χ2n) is 5.26. The van der Waals surface area contributed by atoms with Gasteiger partial charge in [0.15, 0.2) is 0 Å². The fourth-order valence-corrected chi connectivity index (χ4v) is 2.84. The van der Waals surface area contributed by atoms with Gasteiger partial charge in [0.2, 0.25) is 0 Å². The van der Waals surface area contributed by atoms with Crippen molar-refractivity contribution in [2.24, 2.45) is 0 Å². The lowest BCUT2D eigenvalue weighted by molar-refractivity contribution is 1.33. The second kappa shape index (κ2) is 4.45. The van der Waals surface area contributed by atoms with Gasteiger partial charge < -0.3 is 0 Å². The zero-order chi connectivity index (χ0) is 15.0. The maximum absolute atomic E-state index is 7.39. The van der Waals surface area contributed by atoms with Crippen LogP contribution in [0.15, 0.2) is 42.6 Å². The number of hydrogen-bond acceptors (Lipinski definition) is 1. The monoisotopic (exact) mass is 244 g/mol. The largest absolute Gasteiger partial charge is 0.256 e. The zero-order valence-corrected chi connectivity index (χ0v) is 11.5. The van der Waals surface area contributed by atoms with Crippen LogP contribution < -0.4 is 5.19 Å². The molecule has 0 aliphatic carbocycles. The Hall–Kier alpha value is -1.41. The van der Waals surface area contributed by atoms with Crippen LogP contribution in [-0.2, 0) is 0 Å². The summed E-state index contributed by atoms with van der Waals surface area (Å²) in [4.78, 5) is 4.40.